The van der Waals surface area contributed by atoms with Gasteiger partial charge in [0, 0.05) is 16.5 Å². The van der Waals surface area contributed by atoms with Gasteiger partial charge in [0.2, 0.25) is 0 Å². The molecule has 1 heterocycles. The first-order chi connectivity index (χ1) is 9.40. The van der Waals surface area contributed by atoms with Gasteiger partial charge in [-0.2, -0.15) is 0 Å². The van der Waals surface area contributed by atoms with Gasteiger partial charge in [-0.1, -0.05) is 20.8 Å². The molecule has 1 N–H and O–H groups in total. The van der Waals surface area contributed by atoms with Crippen molar-refractivity contribution in [2.75, 3.05) is 12.4 Å². The molecule has 0 radical (unpaired) electrons. The summed E-state index contributed by atoms with van der Waals surface area (Å²) in [6.07, 6.45) is 0. The molecule has 0 aliphatic rings. The van der Waals surface area contributed by atoms with E-state index in [1.807, 2.05) is 18.2 Å². The summed E-state index contributed by atoms with van der Waals surface area (Å²) in [7, 11) is 1.66. The Bertz CT molecular complexity index is 590. The van der Waals surface area contributed by atoms with E-state index in [2.05, 4.69) is 52.4 Å². The van der Waals surface area contributed by atoms with Gasteiger partial charge >= 0.3 is 0 Å². The Morgan fingerprint density at radius 2 is 2.10 bits per heavy atom. The monoisotopic (exact) mass is 354 g/mol. The maximum absolute atomic E-state index is 5.22. The van der Waals surface area contributed by atoms with E-state index in [0.717, 1.165) is 33.2 Å². The molecule has 0 atom stereocenters. The van der Waals surface area contributed by atoms with Crippen LogP contribution in [0.25, 0.3) is 0 Å². The molecule has 0 aliphatic carbocycles. The number of rotatable bonds is 4. The van der Waals surface area contributed by atoms with E-state index in [9.17, 15) is 0 Å². The molecule has 20 heavy (non-hydrogen) atoms. The van der Waals surface area contributed by atoms with Crippen LogP contribution in [-0.4, -0.2) is 12.1 Å². The highest BCUT2D eigenvalue weighted by atomic mass is 79.9. The van der Waals surface area contributed by atoms with Crippen molar-refractivity contribution in [1.82, 2.24) is 4.98 Å². The fourth-order valence-corrected chi connectivity index (χ4v) is 3.19. The van der Waals surface area contributed by atoms with Crippen LogP contribution in [0.3, 0.4) is 0 Å². The lowest BCUT2D eigenvalue weighted by molar-refractivity contribution is 0.412. The normalized spacial score (nSPS) is 11.4. The molecular weight excluding hydrogens is 336 g/mol. The zero-order chi connectivity index (χ0) is 14.8. The molecule has 1 aromatic carbocycles. The highest BCUT2D eigenvalue weighted by Crippen LogP contribution is 2.28. The number of thiazole rings is 1. The van der Waals surface area contributed by atoms with Gasteiger partial charge in [0.25, 0.3) is 0 Å². The first kappa shape index (κ1) is 15.3. The summed E-state index contributed by atoms with van der Waals surface area (Å²) in [5.41, 5.74) is 2.30. The number of nitrogens with one attached hydrogen (secondary N) is 1. The third kappa shape index (κ3) is 3.73. The number of hydrogen-bond donors (Lipinski definition) is 1. The topological polar surface area (TPSA) is 34.1 Å². The zero-order valence-corrected chi connectivity index (χ0v) is 14.6. The molecule has 0 spiro atoms. The molecule has 2 aromatic rings. The number of anilines is 1. The van der Waals surface area contributed by atoms with Gasteiger partial charge in [-0.05, 0) is 34.1 Å². The van der Waals surface area contributed by atoms with Gasteiger partial charge in [-0.15, -0.1) is 11.3 Å². The fraction of sp³-hybridized carbons (Fsp3) is 0.400. The summed E-state index contributed by atoms with van der Waals surface area (Å²) in [5.74, 6) is 0.833. The molecule has 5 heteroatoms. The van der Waals surface area contributed by atoms with E-state index in [1.54, 1.807) is 18.4 Å². The molecule has 0 unspecified atom stereocenters. The summed E-state index contributed by atoms with van der Waals surface area (Å²) in [5, 5.41) is 6.62. The molecule has 3 nitrogen and oxygen atoms in total. The molecule has 0 bridgehead atoms. The SMILES string of the molecule is COc1ccc(NCc2nc(C(C)(C)C)cs2)cc1Br. The second kappa shape index (κ2) is 6.14. The molecule has 0 saturated heterocycles. The number of halogens is 1. The van der Waals surface area contributed by atoms with Crippen molar-refractivity contribution in [2.45, 2.75) is 32.7 Å². The van der Waals surface area contributed by atoms with E-state index in [4.69, 9.17) is 4.74 Å². The molecule has 0 fully saturated rings. The lowest BCUT2D eigenvalue weighted by Crippen LogP contribution is -2.11. The summed E-state index contributed by atoms with van der Waals surface area (Å²) in [6, 6.07) is 5.95. The summed E-state index contributed by atoms with van der Waals surface area (Å²) in [4.78, 5) is 4.67. The molecule has 108 valence electrons. The average Bonchev–Trinajstić information content (AvgIpc) is 2.85. The quantitative estimate of drug-likeness (QED) is 0.854. The van der Waals surface area contributed by atoms with E-state index in [1.165, 1.54) is 0 Å². The summed E-state index contributed by atoms with van der Waals surface area (Å²) in [6.45, 7) is 7.28. The lowest BCUT2D eigenvalue weighted by Gasteiger charge is -2.14. The van der Waals surface area contributed by atoms with Crippen LogP contribution in [0.15, 0.2) is 28.1 Å². The zero-order valence-electron chi connectivity index (χ0n) is 12.2. The summed E-state index contributed by atoms with van der Waals surface area (Å²) >= 11 is 5.18. The minimum atomic E-state index is 0.109. The van der Waals surface area contributed by atoms with Crippen LogP contribution >= 0.6 is 27.3 Å². The maximum Gasteiger partial charge on any atom is 0.133 e. The van der Waals surface area contributed by atoms with Gasteiger partial charge in [-0.25, -0.2) is 4.98 Å². The van der Waals surface area contributed by atoms with E-state index in [0.29, 0.717) is 0 Å². The Morgan fingerprint density at radius 3 is 2.65 bits per heavy atom. The number of nitrogens with zero attached hydrogens (tertiary/aromatic N) is 1. The Hall–Kier alpha value is -1.07. The number of methoxy groups -OCH3 is 1. The lowest BCUT2D eigenvalue weighted by atomic mass is 9.93. The van der Waals surface area contributed by atoms with Gasteiger partial charge < -0.3 is 10.1 Å². The largest absolute Gasteiger partial charge is 0.496 e. The standard InChI is InChI=1S/C15H19BrN2OS/c1-15(2,3)13-9-20-14(18-13)8-17-10-5-6-12(19-4)11(16)7-10/h5-7,9,17H,8H2,1-4H3. The second-order valence-corrected chi connectivity index (χ2v) is 7.38. The van der Waals surface area contributed by atoms with Crippen molar-refractivity contribution in [3.63, 3.8) is 0 Å². The molecule has 1 aromatic heterocycles. The average molecular weight is 355 g/mol. The number of hydrogen-bond acceptors (Lipinski definition) is 4. The molecular formula is C15H19BrN2OS. The molecule has 0 aliphatic heterocycles. The van der Waals surface area contributed by atoms with Crippen LogP contribution in [0.2, 0.25) is 0 Å². The Morgan fingerprint density at radius 1 is 1.35 bits per heavy atom. The molecule has 0 saturated carbocycles. The number of aromatic nitrogens is 1. The van der Waals surface area contributed by atoms with Gasteiger partial charge in [0.05, 0.1) is 23.8 Å². The fourth-order valence-electron chi connectivity index (χ4n) is 1.69. The van der Waals surface area contributed by atoms with Crippen molar-refractivity contribution >= 4 is 33.0 Å². The van der Waals surface area contributed by atoms with Crippen LogP contribution in [-0.2, 0) is 12.0 Å². The molecule has 2 rings (SSSR count). The van der Waals surface area contributed by atoms with Crippen molar-refractivity contribution in [1.29, 1.82) is 0 Å². The van der Waals surface area contributed by atoms with Crippen molar-refractivity contribution < 1.29 is 4.74 Å². The third-order valence-corrected chi connectivity index (χ3v) is 4.38. The minimum Gasteiger partial charge on any atom is -0.496 e. The predicted molar refractivity (Wildman–Crippen MR) is 88.8 cm³/mol. The van der Waals surface area contributed by atoms with Crippen molar-refractivity contribution in [2.24, 2.45) is 0 Å². The Labute approximate surface area is 132 Å². The predicted octanol–water partition coefficient (Wildman–Crippen LogP) is 4.82. The summed E-state index contributed by atoms with van der Waals surface area (Å²) < 4.78 is 6.16. The second-order valence-electron chi connectivity index (χ2n) is 5.58. The van der Waals surface area contributed by atoms with Crippen molar-refractivity contribution in [3.05, 3.63) is 38.8 Å². The van der Waals surface area contributed by atoms with Crippen LogP contribution in [0.1, 0.15) is 31.5 Å². The van der Waals surface area contributed by atoms with Crippen LogP contribution in [0.4, 0.5) is 5.69 Å². The van der Waals surface area contributed by atoms with Crippen LogP contribution < -0.4 is 10.1 Å². The Balaban J connectivity index is 2.02. The molecule has 0 amide bonds. The van der Waals surface area contributed by atoms with Gasteiger partial charge in [0.1, 0.15) is 10.8 Å². The van der Waals surface area contributed by atoms with Crippen LogP contribution in [0, 0.1) is 0 Å². The minimum absolute atomic E-state index is 0.109. The first-order valence-corrected chi connectivity index (χ1v) is 8.09. The van der Waals surface area contributed by atoms with E-state index in [-0.39, 0.29) is 5.41 Å². The van der Waals surface area contributed by atoms with Crippen LogP contribution in [0.5, 0.6) is 5.75 Å². The highest BCUT2D eigenvalue weighted by Gasteiger charge is 2.17. The van der Waals surface area contributed by atoms with Gasteiger partial charge in [0.15, 0.2) is 0 Å². The number of benzene rings is 1. The van der Waals surface area contributed by atoms with Gasteiger partial charge in [-0.3, -0.25) is 0 Å². The van der Waals surface area contributed by atoms with E-state index < -0.39 is 0 Å². The first-order valence-electron chi connectivity index (χ1n) is 6.42. The highest BCUT2D eigenvalue weighted by molar-refractivity contribution is 9.10. The maximum atomic E-state index is 5.22. The number of ether oxygens (including phenoxy) is 1. The van der Waals surface area contributed by atoms with E-state index >= 15 is 0 Å². The van der Waals surface area contributed by atoms with Crippen molar-refractivity contribution in [3.8, 4) is 5.75 Å². The smallest absolute Gasteiger partial charge is 0.133 e. The third-order valence-electron chi connectivity index (χ3n) is 2.92. The Kier molecular flexibility index (Phi) is 4.70.